The second kappa shape index (κ2) is 8.15. The Morgan fingerprint density at radius 3 is 2.55 bits per heavy atom. The summed E-state index contributed by atoms with van der Waals surface area (Å²) in [4.78, 5) is 13.4. The fraction of sp³-hybridized carbons (Fsp3) is 0.933. The van der Waals surface area contributed by atoms with Gasteiger partial charge in [0.2, 0.25) is 5.91 Å². The Balaban J connectivity index is 1.58. The van der Waals surface area contributed by atoms with E-state index in [9.17, 15) is 18.0 Å². The van der Waals surface area contributed by atoms with Crippen molar-refractivity contribution in [3.05, 3.63) is 0 Å². The van der Waals surface area contributed by atoms with Gasteiger partial charge in [-0.1, -0.05) is 0 Å². The summed E-state index contributed by atoms with van der Waals surface area (Å²) in [7, 11) is 0. The molecule has 2 fully saturated rings. The van der Waals surface area contributed by atoms with Crippen LogP contribution < -0.4 is 10.6 Å². The number of halogens is 3. The minimum Gasteiger partial charge on any atom is -0.356 e. The first-order chi connectivity index (χ1) is 10.4. The van der Waals surface area contributed by atoms with E-state index in [1.165, 1.54) is 4.90 Å². The highest BCUT2D eigenvalue weighted by atomic mass is 19.4. The number of alkyl halides is 3. The van der Waals surface area contributed by atoms with Crippen molar-refractivity contribution in [3.8, 4) is 0 Å². The van der Waals surface area contributed by atoms with Crippen LogP contribution in [0, 0.1) is 11.8 Å². The first kappa shape index (κ1) is 17.5. The molecule has 22 heavy (non-hydrogen) atoms. The molecule has 0 aromatic heterocycles. The second-order valence-corrected chi connectivity index (χ2v) is 6.46. The number of amides is 1. The van der Waals surface area contributed by atoms with Gasteiger partial charge in [0.15, 0.2) is 0 Å². The Morgan fingerprint density at radius 2 is 1.95 bits per heavy atom. The van der Waals surface area contributed by atoms with Gasteiger partial charge in [0.1, 0.15) is 0 Å². The van der Waals surface area contributed by atoms with Gasteiger partial charge in [-0.2, -0.15) is 13.2 Å². The average Bonchev–Trinajstić information content (AvgIpc) is 2.48. The molecule has 0 aliphatic carbocycles. The van der Waals surface area contributed by atoms with Gasteiger partial charge in [-0.05, 0) is 57.7 Å². The van der Waals surface area contributed by atoms with Crippen molar-refractivity contribution < 1.29 is 18.0 Å². The summed E-state index contributed by atoms with van der Waals surface area (Å²) >= 11 is 0. The molecular formula is C15H26F3N3O. The zero-order chi connectivity index (χ0) is 16.0. The van der Waals surface area contributed by atoms with Crippen LogP contribution in [0.3, 0.4) is 0 Å². The molecule has 0 saturated carbocycles. The number of piperidine rings is 2. The van der Waals surface area contributed by atoms with Gasteiger partial charge < -0.3 is 10.6 Å². The maximum Gasteiger partial charge on any atom is 0.401 e. The number of hydrogen-bond donors (Lipinski definition) is 2. The second-order valence-electron chi connectivity index (χ2n) is 6.46. The molecule has 0 aromatic rings. The molecule has 2 aliphatic rings. The summed E-state index contributed by atoms with van der Waals surface area (Å²) in [6, 6.07) is 0. The maximum absolute atomic E-state index is 12.3. The molecule has 0 spiro atoms. The number of carbonyl (C=O) groups is 1. The van der Waals surface area contributed by atoms with Gasteiger partial charge in [-0.3, -0.25) is 9.69 Å². The molecule has 1 unspecified atom stereocenters. The highest BCUT2D eigenvalue weighted by Crippen LogP contribution is 2.24. The minimum atomic E-state index is -4.10. The highest BCUT2D eigenvalue weighted by Gasteiger charge is 2.32. The van der Waals surface area contributed by atoms with Crippen molar-refractivity contribution in [2.75, 3.05) is 39.3 Å². The van der Waals surface area contributed by atoms with Crippen molar-refractivity contribution in [2.24, 2.45) is 11.8 Å². The van der Waals surface area contributed by atoms with Crippen LogP contribution in [0.5, 0.6) is 0 Å². The Hall–Kier alpha value is -0.820. The Kier molecular flexibility index (Phi) is 6.50. The lowest BCUT2D eigenvalue weighted by molar-refractivity contribution is -0.148. The lowest BCUT2D eigenvalue weighted by atomic mass is 9.93. The molecule has 2 N–H and O–H groups in total. The summed E-state index contributed by atoms with van der Waals surface area (Å²) in [5.41, 5.74) is 0. The predicted molar refractivity (Wildman–Crippen MR) is 78.4 cm³/mol. The first-order valence-corrected chi connectivity index (χ1v) is 8.21. The number of likely N-dealkylation sites (tertiary alicyclic amines) is 1. The highest BCUT2D eigenvalue weighted by molar-refractivity contribution is 5.78. The van der Waals surface area contributed by atoms with Crippen LogP contribution in [0.15, 0.2) is 0 Å². The molecule has 1 amide bonds. The molecule has 7 heteroatoms. The summed E-state index contributed by atoms with van der Waals surface area (Å²) < 4.78 is 36.9. The molecule has 2 saturated heterocycles. The monoisotopic (exact) mass is 321 g/mol. The van der Waals surface area contributed by atoms with Crippen molar-refractivity contribution in [3.63, 3.8) is 0 Å². The van der Waals surface area contributed by atoms with E-state index >= 15 is 0 Å². The van der Waals surface area contributed by atoms with E-state index in [1.54, 1.807) is 0 Å². The summed E-state index contributed by atoms with van der Waals surface area (Å²) in [5, 5.41) is 6.20. The van der Waals surface area contributed by atoms with E-state index in [-0.39, 0.29) is 11.8 Å². The molecule has 128 valence electrons. The van der Waals surface area contributed by atoms with E-state index in [1.807, 2.05) is 0 Å². The molecule has 0 bridgehead atoms. The van der Waals surface area contributed by atoms with Crippen LogP contribution in [0.2, 0.25) is 0 Å². The largest absolute Gasteiger partial charge is 0.401 e. The van der Waals surface area contributed by atoms with Crippen LogP contribution in [-0.4, -0.2) is 56.3 Å². The fourth-order valence-electron chi connectivity index (χ4n) is 3.31. The topological polar surface area (TPSA) is 44.4 Å². The van der Waals surface area contributed by atoms with Crippen LogP contribution in [0.4, 0.5) is 13.2 Å². The minimum absolute atomic E-state index is 0.0717. The zero-order valence-electron chi connectivity index (χ0n) is 12.9. The van der Waals surface area contributed by atoms with Crippen LogP contribution in [0.25, 0.3) is 0 Å². The Labute approximate surface area is 129 Å². The normalized spacial score (nSPS) is 25.1. The fourth-order valence-corrected chi connectivity index (χ4v) is 3.31. The van der Waals surface area contributed by atoms with Crippen molar-refractivity contribution in [1.82, 2.24) is 15.5 Å². The Bertz CT molecular complexity index is 348. The van der Waals surface area contributed by atoms with E-state index < -0.39 is 12.7 Å². The van der Waals surface area contributed by atoms with Gasteiger partial charge in [0.05, 0.1) is 12.5 Å². The third kappa shape index (κ3) is 6.12. The summed E-state index contributed by atoms with van der Waals surface area (Å²) in [5.74, 6) is 0.610. The third-order valence-electron chi connectivity index (χ3n) is 4.63. The van der Waals surface area contributed by atoms with Gasteiger partial charge in [0, 0.05) is 13.1 Å². The van der Waals surface area contributed by atoms with Crippen LogP contribution in [-0.2, 0) is 4.79 Å². The first-order valence-electron chi connectivity index (χ1n) is 8.21. The van der Waals surface area contributed by atoms with E-state index in [0.717, 1.165) is 45.2 Å². The van der Waals surface area contributed by atoms with Crippen LogP contribution >= 0.6 is 0 Å². The predicted octanol–water partition coefficient (Wildman–Crippen LogP) is 1.77. The lowest BCUT2D eigenvalue weighted by Gasteiger charge is -2.32. The van der Waals surface area contributed by atoms with Crippen molar-refractivity contribution in [2.45, 2.75) is 38.3 Å². The molecule has 2 heterocycles. The van der Waals surface area contributed by atoms with E-state index in [0.29, 0.717) is 25.6 Å². The number of hydrogen-bond acceptors (Lipinski definition) is 3. The molecule has 2 aliphatic heterocycles. The molecule has 4 nitrogen and oxygen atoms in total. The SMILES string of the molecule is O=C(NCCC1CCN(CC(F)(F)F)CC1)C1CCCNC1. The molecule has 2 rings (SSSR count). The van der Waals surface area contributed by atoms with Gasteiger partial charge >= 0.3 is 6.18 Å². The van der Waals surface area contributed by atoms with Crippen molar-refractivity contribution in [1.29, 1.82) is 0 Å². The van der Waals surface area contributed by atoms with Gasteiger partial charge in [-0.15, -0.1) is 0 Å². The standard InChI is InChI=1S/C15H26F3N3O/c16-15(17,18)11-21-8-4-12(5-9-21)3-7-20-14(22)13-2-1-6-19-10-13/h12-13,19H,1-11H2,(H,20,22). The number of nitrogens with zero attached hydrogens (tertiary/aromatic N) is 1. The maximum atomic E-state index is 12.3. The molecule has 0 radical (unpaired) electrons. The van der Waals surface area contributed by atoms with E-state index in [4.69, 9.17) is 0 Å². The number of nitrogens with one attached hydrogen (secondary N) is 2. The smallest absolute Gasteiger partial charge is 0.356 e. The van der Waals surface area contributed by atoms with Gasteiger partial charge in [0.25, 0.3) is 0 Å². The summed E-state index contributed by atoms with van der Waals surface area (Å²) in [6.07, 6.45) is 0.318. The third-order valence-corrected chi connectivity index (χ3v) is 4.63. The average molecular weight is 321 g/mol. The lowest BCUT2D eigenvalue weighted by Crippen LogP contribution is -2.42. The number of carbonyl (C=O) groups excluding carboxylic acids is 1. The zero-order valence-corrected chi connectivity index (χ0v) is 12.9. The Morgan fingerprint density at radius 1 is 1.23 bits per heavy atom. The van der Waals surface area contributed by atoms with Crippen molar-refractivity contribution >= 4 is 5.91 Å². The summed E-state index contributed by atoms with van der Waals surface area (Å²) in [6.45, 7) is 2.59. The number of rotatable bonds is 5. The van der Waals surface area contributed by atoms with E-state index in [2.05, 4.69) is 10.6 Å². The van der Waals surface area contributed by atoms with Crippen LogP contribution in [0.1, 0.15) is 32.1 Å². The molecular weight excluding hydrogens is 295 g/mol. The van der Waals surface area contributed by atoms with Gasteiger partial charge in [-0.25, -0.2) is 0 Å². The molecule has 0 aromatic carbocycles. The molecule has 1 atom stereocenters. The quantitative estimate of drug-likeness (QED) is 0.811.